The average Bonchev–Trinajstić information content (AvgIpc) is 2.86. The van der Waals surface area contributed by atoms with Crippen LogP contribution in [-0.2, 0) is 26.2 Å². The third-order valence-corrected chi connectivity index (χ3v) is 6.83. The first-order valence-corrected chi connectivity index (χ1v) is 10.4. The molecule has 0 aromatic heterocycles. The molecule has 1 saturated carbocycles. The number of rotatable bonds is 5. The largest absolute Gasteiger partial charge is 0.464 e. The monoisotopic (exact) mass is 439 g/mol. The Morgan fingerprint density at radius 2 is 2.27 bits per heavy atom. The Morgan fingerprint density at radius 3 is 2.88 bits per heavy atom. The molecule has 6 heteroatoms. The summed E-state index contributed by atoms with van der Waals surface area (Å²) in [7, 11) is 1.77. The van der Waals surface area contributed by atoms with Gasteiger partial charge >= 0.3 is 5.97 Å². The topological polar surface area (TPSA) is 47.6 Å². The standard InChI is InChI=1S/C20H26BrNO3S/c1-4-25-18(23)20(22-12-26)16-9-15(21)6-5-14(16)11-19(20)8-7-17(24-3)13(2)10-19/h5-6,9,12-13,17H,4,7-8,10-11H2,1-3H3,(H,22,26)/t13-,17-,19-,20+/m0/s1. The number of esters is 1. The normalized spacial score (nSPS) is 32.9. The zero-order chi connectivity index (χ0) is 18.9. The highest BCUT2D eigenvalue weighted by Crippen LogP contribution is 2.59. The second-order valence-corrected chi connectivity index (χ2v) is 8.64. The minimum atomic E-state index is -0.948. The maximum Gasteiger partial charge on any atom is 0.337 e. The molecular formula is C20H26BrNO3S. The average molecular weight is 440 g/mol. The van der Waals surface area contributed by atoms with Crippen molar-refractivity contribution in [1.29, 1.82) is 0 Å². The molecule has 1 spiro atoms. The highest BCUT2D eigenvalue weighted by Gasteiger charge is 2.64. The molecule has 0 amide bonds. The molecule has 1 aromatic rings. The van der Waals surface area contributed by atoms with Gasteiger partial charge < -0.3 is 14.8 Å². The molecule has 0 heterocycles. The van der Waals surface area contributed by atoms with Crippen LogP contribution in [0.2, 0.25) is 0 Å². The van der Waals surface area contributed by atoms with Gasteiger partial charge in [0.05, 0.1) is 18.2 Å². The van der Waals surface area contributed by atoms with E-state index in [1.807, 2.05) is 19.1 Å². The number of thiocarbonyl (C=S) groups is 1. The number of hydrogen-bond donors (Lipinski definition) is 1. The predicted octanol–water partition coefficient (Wildman–Crippen LogP) is 4.13. The fraction of sp³-hybridized carbons (Fsp3) is 0.600. The Bertz CT molecular complexity index is 712. The number of methoxy groups -OCH3 is 1. The summed E-state index contributed by atoms with van der Waals surface area (Å²) in [5.74, 6) is 0.119. The van der Waals surface area contributed by atoms with Crippen molar-refractivity contribution in [3.8, 4) is 0 Å². The summed E-state index contributed by atoms with van der Waals surface area (Å²) in [5.41, 5.74) is 2.42. The van der Waals surface area contributed by atoms with Crippen LogP contribution < -0.4 is 5.32 Å². The second-order valence-electron chi connectivity index (χ2n) is 7.49. The number of ether oxygens (including phenoxy) is 2. The minimum Gasteiger partial charge on any atom is -0.464 e. The van der Waals surface area contributed by atoms with Gasteiger partial charge in [0, 0.05) is 17.0 Å². The molecular weight excluding hydrogens is 414 g/mol. The van der Waals surface area contributed by atoms with Crippen molar-refractivity contribution in [2.75, 3.05) is 13.7 Å². The van der Waals surface area contributed by atoms with E-state index in [0.29, 0.717) is 12.5 Å². The van der Waals surface area contributed by atoms with Gasteiger partial charge in [-0.25, -0.2) is 4.79 Å². The van der Waals surface area contributed by atoms with Crippen LogP contribution >= 0.6 is 28.1 Å². The number of halogens is 1. The van der Waals surface area contributed by atoms with E-state index in [9.17, 15) is 4.79 Å². The van der Waals surface area contributed by atoms with E-state index in [1.54, 1.807) is 7.11 Å². The summed E-state index contributed by atoms with van der Waals surface area (Å²) in [4.78, 5) is 13.4. The lowest BCUT2D eigenvalue weighted by Gasteiger charge is -2.50. The number of fused-ring (bicyclic) bond motifs is 1. The van der Waals surface area contributed by atoms with Gasteiger partial charge in [0.25, 0.3) is 0 Å². The minimum absolute atomic E-state index is 0.225. The molecule has 26 heavy (non-hydrogen) atoms. The lowest BCUT2D eigenvalue weighted by Crippen LogP contribution is -2.61. The maximum absolute atomic E-state index is 13.4. The third-order valence-electron chi connectivity index (χ3n) is 6.21. The lowest BCUT2D eigenvalue weighted by molar-refractivity contribution is -0.161. The zero-order valence-corrected chi connectivity index (χ0v) is 17.9. The first-order valence-electron chi connectivity index (χ1n) is 9.14. The smallest absolute Gasteiger partial charge is 0.337 e. The van der Waals surface area contributed by atoms with Gasteiger partial charge in [0.15, 0.2) is 5.54 Å². The molecule has 1 fully saturated rings. The highest BCUT2D eigenvalue weighted by atomic mass is 79.9. The summed E-state index contributed by atoms with van der Waals surface area (Å²) in [6.07, 6.45) is 3.76. The molecule has 142 valence electrons. The molecule has 0 aliphatic heterocycles. The summed E-state index contributed by atoms with van der Waals surface area (Å²) < 4.78 is 12.2. The van der Waals surface area contributed by atoms with Crippen LogP contribution in [-0.4, -0.2) is 31.3 Å². The van der Waals surface area contributed by atoms with Crippen LogP contribution in [0.3, 0.4) is 0 Å². The van der Waals surface area contributed by atoms with E-state index >= 15 is 0 Å². The quantitative estimate of drug-likeness (QED) is 0.551. The van der Waals surface area contributed by atoms with Gasteiger partial charge in [0.2, 0.25) is 0 Å². The highest BCUT2D eigenvalue weighted by molar-refractivity contribution is 9.10. The van der Waals surface area contributed by atoms with E-state index in [-0.39, 0.29) is 17.5 Å². The van der Waals surface area contributed by atoms with E-state index in [0.717, 1.165) is 35.7 Å². The molecule has 1 aromatic carbocycles. The first-order chi connectivity index (χ1) is 12.4. The Labute approximate surface area is 169 Å². The summed E-state index contributed by atoms with van der Waals surface area (Å²) in [6, 6.07) is 6.19. The maximum atomic E-state index is 13.4. The predicted molar refractivity (Wildman–Crippen MR) is 109 cm³/mol. The number of carbonyl (C=O) groups is 1. The SMILES string of the molecule is CCOC(=O)[C@]1(NC=S)c2cc(Br)ccc2C[C@@]12CC[C@H](OC)[C@@H](C)C2. The van der Waals surface area contributed by atoms with E-state index in [4.69, 9.17) is 21.7 Å². The molecule has 1 N–H and O–H groups in total. The number of nitrogens with one attached hydrogen (secondary N) is 1. The molecule has 3 rings (SSSR count). The summed E-state index contributed by atoms with van der Waals surface area (Å²) in [6.45, 7) is 4.40. The molecule has 0 unspecified atom stereocenters. The van der Waals surface area contributed by atoms with Crippen molar-refractivity contribution in [3.05, 3.63) is 33.8 Å². The zero-order valence-electron chi connectivity index (χ0n) is 15.5. The van der Waals surface area contributed by atoms with Gasteiger partial charge in [0.1, 0.15) is 0 Å². The number of benzene rings is 1. The van der Waals surface area contributed by atoms with Crippen molar-refractivity contribution < 1.29 is 14.3 Å². The Hall–Kier alpha value is -0.980. The second kappa shape index (κ2) is 7.56. The Balaban J connectivity index is 2.17. The van der Waals surface area contributed by atoms with E-state index in [1.165, 1.54) is 11.1 Å². The molecule has 4 atom stereocenters. The lowest BCUT2D eigenvalue weighted by atomic mass is 9.59. The van der Waals surface area contributed by atoms with Crippen molar-refractivity contribution in [2.24, 2.45) is 11.3 Å². The van der Waals surface area contributed by atoms with Gasteiger partial charge in [-0.2, -0.15) is 0 Å². The number of carbonyl (C=O) groups excluding carboxylic acids is 1. The van der Waals surface area contributed by atoms with Crippen LogP contribution in [0.15, 0.2) is 22.7 Å². The van der Waals surface area contributed by atoms with Crippen LogP contribution in [0.25, 0.3) is 0 Å². The first kappa shape index (κ1) is 19.8. The molecule has 2 aliphatic rings. The number of hydrogen-bond acceptors (Lipinski definition) is 4. The fourth-order valence-electron chi connectivity index (χ4n) is 5.18. The van der Waals surface area contributed by atoms with Gasteiger partial charge in [-0.3, -0.25) is 0 Å². The Kier molecular flexibility index (Phi) is 5.75. The van der Waals surface area contributed by atoms with Crippen molar-refractivity contribution in [2.45, 2.75) is 51.2 Å². The summed E-state index contributed by atoms with van der Waals surface area (Å²) >= 11 is 8.74. The van der Waals surface area contributed by atoms with Crippen LogP contribution in [0.1, 0.15) is 44.2 Å². The van der Waals surface area contributed by atoms with Crippen molar-refractivity contribution >= 4 is 39.6 Å². The van der Waals surface area contributed by atoms with Crippen LogP contribution in [0, 0.1) is 11.3 Å². The molecule has 0 bridgehead atoms. The van der Waals surface area contributed by atoms with Gasteiger partial charge in [-0.05, 0) is 61.8 Å². The summed E-state index contributed by atoms with van der Waals surface area (Å²) in [5, 5.41) is 3.29. The van der Waals surface area contributed by atoms with Crippen molar-refractivity contribution in [3.63, 3.8) is 0 Å². The molecule has 2 aliphatic carbocycles. The van der Waals surface area contributed by atoms with Gasteiger partial charge in [-0.1, -0.05) is 41.1 Å². The van der Waals surface area contributed by atoms with E-state index in [2.05, 4.69) is 34.2 Å². The third kappa shape index (κ3) is 2.90. The molecule has 4 nitrogen and oxygen atoms in total. The fourth-order valence-corrected chi connectivity index (χ4v) is 5.72. The van der Waals surface area contributed by atoms with Gasteiger partial charge in [-0.15, -0.1) is 0 Å². The molecule has 0 radical (unpaired) electrons. The molecule has 0 saturated heterocycles. The van der Waals surface area contributed by atoms with E-state index < -0.39 is 5.54 Å². The Morgan fingerprint density at radius 1 is 1.50 bits per heavy atom. The van der Waals surface area contributed by atoms with Crippen LogP contribution in [0.5, 0.6) is 0 Å². The van der Waals surface area contributed by atoms with Crippen molar-refractivity contribution in [1.82, 2.24) is 5.32 Å². The van der Waals surface area contributed by atoms with Crippen LogP contribution in [0.4, 0.5) is 0 Å².